The molecular weight excluding hydrogens is 429 g/mol. The van der Waals surface area contributed by atoms with Crippen LogP contribution in [0.2, 0.25) is 5.15 Å². The van der Waals surface area contributed by atoms with Crippen LogP contribution in [-0.4, -0.2) is 20.7 Å². The number of aromatic nitrogens is 3. The minimum Gasteiger partial charge on any atom is -0.352 e. The van der Waals surface area contributed by atoms with Crippen LogP contribution in [0, 0.1) is 0 Å². The molecule has 0 bridgehead atoms. The molecule has 4 aromatic rings. The summed E-state index contributed by atoms with van der Waals surface area (Å²) < 4.78 is 40.4. The van der Waals surface area contributed by atoms with E-state index in [-0.39, 0.29) is 24.0 Å². The molecule has 5 nitrogen and oxygen atoms in total. The summed E-state index contributed by atoms with van der Waals surface area (Å²) in [5, 5.41) is 11.8. The van der Waals surface area contributed by atoms with E-state index >= 15 is 0 Å². The van der Waals surface area contributed by atoms with Crippen LogP contribution < -0.4 is 5.32 Å². The molecule has 0 aliphatic rings. The monoisotopic (exact) mass is 444 g/mol. The Morgan fingerprint density at radius 1 is 1.03 bits per heavy atom. The molecule has 0 saturated carbocycles. The van der Waals surface area contributed by atoms with Gasteiger partial charge in [0.15, 0.2) is 11.0 Å². The number of amides is 1. The molecule has 1 amide bonds. The van der Waals surface area contributed by atoms with Crippen molar-refractivity contribution in [3.8, 4) is 5.82 Å². The summed E-state index contributed by atoms with van der Waals surface area (Å²) in [5.74, 6) is 0.249. The smallest absolute Gasteiger partial charge is 0.352 e. The van der Waals surface area contributed by atoms with E-state index in [9.17, 15) is 18.0 Å². The van der Waals surface area contributed by atoms with Crippen molar-refractivity contribution in [1.29, 1.82) is 0 Å². The zero-order valence-electron chi connectivity index (χ0n) is 16.0. The standard InChI is InChI=1S/C22H16ClF3N4O/c23-19-8-9-20(29-28-19)30-13-15(17-6-1-2-7-18(17)30)11-21(31)27-12-14-4-3-5-16(10-14)22(24,25)26/h1-10,13H,11-12H2,(H,27,31). The lowest BCUT2D eigenvalue weighted by molar-refractivity contribution is -0.137. The van der Waals surface area contributed by atoms with Crippen LogP contribution >= 0.6 is 11.6 Å². The van der Waals surface area contributed by atoms with Gasteiger partial charge in [0, 0.05) is 18.1 Å². The molecule has 0 atom stereocenters. The van der Waals surface area contributed by atoms with Crippen molar-refractivity contribution >= 4 is 28.4 Å². The van der Waals surface area contributed by atoms with Gasteiger partial charge in [-0.3, -0.25) is 9.36 Å². The summed E-state index contributed by atoms with van der Waals surface area (Å²) in [6, 6.07) is 15.8. The van der Waals surface area contributed by atoms with Gasteiger partial charge in [-0.1, -0.05) is 41.9 Å². The van der Waals surface area contributed by atoms with Gasteiger partial charge >= 0.3 is 6.18 Å². The molecule has 2 aromatic carbocycles. The first-order chi connectivity index (χ1) is 14.8. The zero-order valence-corrected chi connectivity index (χ0v) is 16.8. The van der Waals surface area contributed by atoms with E-state index in [1.54, 1.807) is 24.4 Å². The second kappa shape index (κ2) is 8.39. The Kier molecular flexibility index (Phi) is 5.65. The molecule has 0 saturated heterocycles. The van der Waals surface area contributed by atoms with Crippen LogP contribution in [0.1, 0.15) is 16.7 Å². The lowest BCUT2D eigenvalue weighted by Crippen LogP contribution is -2.24. The lowest BCUT2D eigenvalue weighted by atomic mass is 10.1. The number of hydrogen-bond donors (Lipinski definition) is 1. The number of hydrogen-bond acceptors (Lipinski definition) is 3. The summed E-state index contributed by atoms with van der Waals surface area (Å²) in [4.78, 5) is 12.5. The molecule has 4 rings (SSSR count). The fourth-order valence-electron chi connectivity index (χ4n) is 3.31. The van der Waals surface area contributed by atoms with Gasteiger partial charge in [-0.2, -0.15) is 13.2 Å². The van der Waals surface area contributed by atoms with E-state index in [1.165, 1.54) is 6.07 Å². The van der Waals surface area contributed by atoms with Crippen molar-refractivity contribution < 1.29 is 18.0 Å². The van der Waals surface area contributed by atoms with Gasteiger partial charge in [-0.15, -0.1) is 10.2 Å². The Bertz CT molecular complexity index is 1240. The van der Waals surface area contributed by atoms with Crippen LogP contribution in [0.25, 0.3) is 16.7 Å². The topological polar surface area (TPSA) is 59.8 Å². The number of nitrogens with zero attached hydrogens (tertiary/aromatic N) is 3. The second-order valence-corrected chi connectivity index (χ2v) is 7.29. The SMILES string of the molecule is O=C(Cc1cn(-c2ccc(Cl)nn2)c2ccccc12)NCc1cccc(C(F)(F)F)c1. The van der Waals surface area contributed by atoms with E-state index < -0.39 is 11.7 Å². The predicted molar refractivity (Wildman–Crippen MR) is 111 cm³/mol. The van der Waals surface area contributed by atoms with Crippen molar-refractivity contribution in [3.05, 3.63) is 88.7 Å². The number of halogens is 4. The predicted octanol–water partition coefficient (Wildman–Crippen LogP) is 4.95. The minimum absolute atomic E-state index is 0.00402. The highest BCUT2D eigenvalue weighted by molar-refractivity contribution is 6.29. The minimum atomic E-state index is -4.42. The maximum atomic E-state index is 12.9. The van der Waals surface area contributed by atoms with Gasteiger partial charge in [0.2, 0.25) is 5.91 Å². The molecule has 9 heteroatoms. The third-order valence-corrected chi connectivity index (χ3v) is 4.96. The Morgan fingerprint density at radius 3 is 2.58 bits per heavy atom. The van der Waals surface area contributed by atoms with E-state index in [0.29, 0.717) is 11.4 Å². The van der Waals surface area contributed by atoms with Crippen LogP contribution in [0.4, 0.5) is 13.2 Å². The molecule has 0 unspecified atom stereocenters. The summed E-state index contributed by atoms with van der Waals surface area (Å²) in [5.41, 5.74) is 1.24. The van der Waals surface area contributed by atoms with Gasteiger partial charge < -0.3 is 5.32 Å². The summed E-state index contributed by atoms with van der Waals surface area (Å²) in [7, 11) is 0. The molecule has 0 spiro atoms. The maximum absolute atomic E-state index is 12.9. The molecular formula is C22H16ClF3N4O. The van der Waals surface area contributed by atoms with E-state index in [0.717, 1.165) is 28.6 Å². The number of carbonyl (C=O) groups excluding carboxylic acids is 1. The van der Waals surface area contributed by atoms with Gasteiger partial charge in [0.25, 0.3) is 0 Å². The third-order valence-electron chi connectivity index (χ3n) is 4.75. The third kappa shape index (κ3) is 4.69. The van der Waals surface area contributed by atoms with Crippen molar-refractivity contribution in [3.63, 3.8) is 0 Å². The highest BCUT2D eigenvalue weighted by Gasteiger charge is 2.30. The van der Waals surface area contributed by atoms with Crippen molar-refractivity contribution in [2.24, 2.45) is 0 Å². The highest BCUT2D eigenvalue weighted by Crippen LogP contribution is 2.29. The maximum Gasteiger partial charge on any atom is 0.416 e. The highest BCUT2D eigenvalue weighted by atomic mass is 35.5. The van der Waals surface area contributed by atoms with Crippen molar-refractivity contribution in [2.75, 3.05) is 0 Å². The summed E-state index contributed by atoms with van der Waals surface area (Å²) >= 11 is 5.81. The van der Waals surface area contributed by atoms with Crippen molar-refractivity contribution in [2.45, 2.75) is 19.1 Å². The fourth-order valence-corrected chi connectivity index (χ4v) is 3.41. The summed E-state index contributed by atoms with van der Waals surface area (Å²) in [6.45, 7) is 0.00402. The number of para-hydroxylation sites is 1. The molecule has 0 radical (unpaired) electrons. The Hall–Kier alpha value is -3.39. The largest absolute Gasteiger partial charge is 0.416 e. The lowest BCUT2D eigenvalue weighted by Gasteiger charge is -2.09. The molecule has 2 aromatic heterocycles. The first-order valence-corrected chi connectivity index (χ1v) is 9.70. The molecule has 158 valence electrons. The van der Waals surface area contributed by atoms with Gasteiger partial charge in [-0.25, -0.2) is 0 Å². The van der Waals surface area contributed by atoms with E-state index in [2.05, 4.69) is 15.5 Å². The Balaban J connectivity index is 1.52. The summed E-state index contributed by atoms with van der Waals surface area (Å²) in [6.07, 6.45) is -2.56. The first kappa shape index (κ1) is 20.9. The Morgan fingerprint density at radius 2 is 1.84 bits per heavy atom. The van der Waals surface area contributed by atoms with Gasteiger partial charge in [0.05, 0.1) is 17.5 Å². The van der Waals surface area contributed by atoms with E-state index in [4.69, 9.17) is 11.6 Å². The van der Waals surface area contributed by atoms with Crippen LogP contribution in [0.3, 0.4) is 0 Å². The van der Waals surface area contributed by atoms with Crippen LogP contribution in [-0.2, 0) is 23.9 Å². The molecule has 0 aliphatic heterocycles. The Labute approximate surface area is 180 Å². The molecule has 1 N–H and O–H groups in total. The fraction of sp³-hybridized carbons (Fsp3) is 0.136. The van der Waals surface area contributed by atoms with Gasteiger partial charge in [-0.05, 0) is 41.5 Å². The number of fused-ring (bicyclic) bond motifs is 1. The molecule has 2 heterocycles. The first-order valence-electron chi connectivity index (χ1n) is 9.32. The average Bonchev–Trinajstić information content (AvgIpc) is 3.11. The number of alkyl halides is 3. The van der Waals surface area contributed by atoms with Gasteiger partial charge in [0.1, 0.15) is 0 Å². The molecule has 0 fully saturated rings. The number of benzene rings is 2. The number of carbonyl (C=O) groups is 1. The van der Waals surface area contributed by atoms with Crippen LogP contribution in [0.15, 0.2) is 66.9 Å². The molecule has 31 heavy (non-hydrogen) atoms. The quantitative estimate of drug-likeness (QED) is 0.473. The second-order valence-electron chi connectivity index (χ2n) is 6.91. The average molecular weight is 445 g/mol. The number of rotatable bonds is 5. The number of nitrogens with one attached hydrogen (secondary N) is 1. The van der Waals surface area contributed by atoms with Crippen LogP contribution in [0.5, 0.6) is 0 Å². The van der Waals surface area contributed by atoms with E-state index in [1.807, 2.05) is 28.8 Å². The molecule has 0 aliphatic carbocycles. The normalized spacial score (nSPS) is 11.6. The zero-order chi connectivity index (χ0) is 22.0. The van der Waals surface area contributed by atoms with Crippen molar-refractivity contribution in [1.82, 2.24) is 20.1 Å².